The summed E-state index contributed by atoms with van der Waals surface area (Å²) < 4.78 is 7.43. The zero-order valence-corrected chi connectivity index (χ0v) is 14.1. The summed E-state index contributed by atoms with van der Waals surface area (Å²) in [5.74, 6) is 0.776. The maximum Gasteiger partial charge on any atom is 0.148 e. The zero-order chi connectivity index (χ0) is 13.5. The second-order valence-electron chi connectivity index (χ2n) is 3.93. The van der Waals surface area contributed by atoms with Gasteiger partial charge in [-0.15, -0.1) is 0 Å². The fraction of sp³-hybridized carbons (Fsp3) is 0.385. The van der Waals surface area contributed by atoms with Crippen molar-refractivity contribution in [3.05, 3.63) is 38.3 Å². The maximum atomic E-state index is 5.96. The molecular weight excluding hydrogens is 381 g/mol. The van der Waals surface area contributed by atoms with E-state index >= 15 is 0 Å². The van der Waals surface area contributed by atoms with E-state index in [4.69, 9.17) is 22.1 Å². The number of hydrogen-bond acceptors (Lipinski definition) is 2. The Morgan fingerprint density at radius 1 is 1.39 bits per heavy atom. The summed E-state index contributed by atoms with van der Waals surface area (Å²) in [7, 11) is 0. The van der Waals surface area contributed by atoms with Gasteiger partial charge in [-0.25, -0.2) is 0 Å². The molecule has 1 aromatic rings. The van der Waals surface area contributed by atoms with Crippen molar-refractivity contribution in [3.8, 4) is 5.75 Å². The van der Waals surface area contributed by atoms with Gasteiger partial charge in [0, 0.05) is 11.6 Å². The van der Waals surface area contributed by atoms with Gasteiger partial charge >= 0.3 is 0 Å². The highest BCUT2D eigenvalue weighted by molar-refractivity contribution is 9.11. The second-order valence-corrected chi connectivity index (χ2v) is 5.89. The maximum absolute atomic E-state index is 5.96. The van der Waals surface area contributed by atoms with Gasteiger partial charge in [0.1, 0.15) is 12.4 Å². The number of benzene rings is 1. The van der Waals surface area contributed by atoms with E-state index in [9.17, 15) is 0 Å². The quantitative estimate of drug-likeness (QED) is 0.760. The predicted molar refractivity (Wildman–Crippen MR) is 84.3 cm³/mol. The number of halogens is 3. The lowest BCUT2D eigenvalue weighted by Crippen LogP contribution is -2.21. The summed E-state index contributed by atoms with van der Waals surface area (Å²) >= 11 is 12.5. The van der Waals surface area contributed by atoms with Crippen molar-refractivity contribution in [2.45, 2.75) is 25.8 Å². The van der Waals surface area contributed by atoms with Crippen LogP contribution in [0.5, 0.6) is 5.75 Å². The summed E-state index contributed by atoms with van der Waals surface area (Å²) in [6.07, 6.45) is 3.56. The number of ether oxygens (including phenoxy) is 1. The molecule has 0 amide bonds. The van der Waals surface area contributed by atoms with Crippen molar-refractivity contribution in [3.63, 3.8) is 0 Å². The molecule has 1 atom stereocenters. The molecule has 100 valence electrons. The normalized spacial score (nSPS) is 12.9. The molecule has 0 radical (unpaired) electrons. The van der Waals surface area contributed by atoms with Gasteiger partial charge < -0.3 is 10.5 Å². The van der Waals surface area contributed by atoms with Crippen LogP contribution in [-0.4, -0.2) is 12.6 Å². The molecule has 0 saturated carbocycles. The average molecular weight is 398 g/mol. The Morgan fingerprint density at radius 2 is 2.00 bits per heavy atom. The molecule has 0 saturated heterocycles. The fourth-order valence-electron chi connectivity index (χ4n) is 1.48. The third kappa shape index (κ3) is 4.92. The highest BCUT2D eigenvalue weighted by atomic mass is 79.9. The number of rotatable bonds is 6. The molecule has 2 nitrogen and oxygen atoms in total. The van der Waals surface area contributed by atoms with Crippen LogP contribution in [0.2, 0.25) is 0 Å². The third-order valence-electron chi connectivity index (χ3n) is 2.49. The van der Waals surface area contributed by atoms with E-state index in [-0.39, 0.29) is 6.04 Å². The minimum absolute atomic E-state index is 0.190. The van der Waals surface area contributed by atoms with E-state index in [0.717, 1.165) is 27.5 Å². The average Bonchev–Trinajstić information content (AvgIpc) is 2.32. The number of nitrogens with two attached hydrogens (primary N) is 1. The zero-order valence-electron chi connectivity index (χ0n) is 10.1. The van der Waals surface area contributed by atoms with Crippen LogP contribution in [0.4, 0.5) is 0 Å². The van der Waals surface area contributed by atoms with Crippen molar-refractivity contribution >= 4 is 43.5 Å². The molecule has 0 heterocycles. The van der Waals surface area contributed by atoms with Crippen LogP contribution in [0.1, 0.15) is 18.9 Å². The first-order chi connectivity index (χ1) is 8.58. The molecule has 0 aromatic heterocycles. The highest BCUT2D eigenvalue weighted by Gasteiger charge is 2.10. The first-order valence-corrected chi connectivity index (χ1v) is 7.72. The molecule has 0 aliphatic carbocycles. The summed E-state index contributed by atoms with van der Waals surface area (Å²) in [5.41, 5.74) is 8.58. The Balaban J connectivity index is 2.83. The Bertz CT molecular complexity index is 400. The minimum atomic E-state index is 0.190. The third-order valence-corrected chi connectivity index (χ3v) is 3.85. The van der Waals surface area contributed by atoms with Crippen LogP contribution in [0.25, 0.3) is 0 Å². The van der Waals surface area contributed by atoms with Crippen LogP contribution < -0.4 is 10.5 Å². The summed E-state index contributed by atoms with van der Waals surface area (Å²) in [5, 5.41) is 0. The lowest BCUT2D eigenvalue weighted by atomic mass is 10.0. The Hall–Kier alpha value is -0.0300. The van der Waals surface area contributed by atoms with E-state index in [1.54, 1.807) is 6.08 Å². The molecular formula is C13H16Br2ClNO. The van der Waals surface area contributed by atoms with Crippen LogP contribution in [0, 0.1) is 0 Å². The largest absolute Gasteiger partial charge is 0.487 e. The molecule has 0 bridgehead atoms. The van der Waals surface area contributed by atoms with Gasteiger partial charge in [-0.3, -0.25) is 0 Å². The standard InChI is InChI=1S/C13H16Br2ClNO/c1-2-10(17)6-9-7-11(14)13(12(15)8-9)18-5-3-4-16/h3-4,7-8,10H,2,5-6,17H2,1H3/b4-3+. The Morgan fingerprint density at radius 3 is 2.50 bits per heavy atom. The summed E-state index contributed by atoms with van der Waals surface area (Å²) in [6, 6.07) is 4.27. The van der Waals surface area contributed by atoms with Gasteiger partial charge in [-0.2, -0.15) is 0 Å². The van der Waals surface area contributed by atoms with Gasteiger partial charge in [0.2, 0.25) is 0 Å². The SMILES string of the molecule is CCC(N)Cc1cc(Br)c(OC/C=C/Cl)c(Br)c1. The van der Waals surface area contributed by atoms with E-state index in [2.05, 4.69) is 38.8 Å². The minimum Gasteiger partial charge on any atom is -0.487 e. The Kier molecular flexibility index (Phi) is 7.30. The van der Waals surface area contributed by atoms with E-state index in [1.165, 1.54) is 11.1 Å². The monoisotopic (exact) mass is 395 g/mol. The van der Waals surface area contributed by atoms with Gasteiger partial charge in [-0.1, -0.05) is 18.5 Å². The van der Waals surface area contributed by atoms with Crippen LogP contribution >= 0.6 is 43.5 Å². The van der Waals surface area contributed by atoms with Crippen LogP contribution in [0.15, 0.2) is 32.7 Å². The van der Waals surface area contributed by atoms with Crippen LogP contribution in [-0.2, 0) is 6.42 Å². The smallest absolute Gasteiger partial charge is 0.148 e. The fourth-order valence-corrected chi connectivity index (χ4v) is 3.07. The van der Waals surface area contributed by atoms with Gasteiger partial charge in [0.15, 0.2) is 0 Å². The van der Waals surface area contributed by atoms with Gasteiger partial charge in [0.25, 0.3) is 0 Å². The van der Waals surface area contributed by atoms with E-state index in [1.807, 2.05) is 12.1 Å². The molecule has 2 N–H and O–H groups in total. The summed E-state index contributed by atoms with van der Waals surface area (Å²) in [4.78, 5) is 0. The van der Waals surface area contributed by atoms with Gasteiger partial charge in [-0.05, 0) is 68.5 Å². The van der Waals surface area contributed by atoms with Crippen LogP contribution in [0.3, 0.4) is 0 Å². The van der Waals surface area contributed by atoms with Crippen molar-refractivity contribution in [1.29, 1.82) is 0 Å². The topological polar surface area (TPSA) is 35.2 Å². The van der Waals surface area contributed by atoms with Crippen molar-refractivity contribution in [2.24, 2.45) is 5.73 Å². The van der Waals surface area contributed by atoms with E-state index in [0.29, 0.717) is 6.61 Å². The lowest BCUT2D eigenvalue weighted by molar-refractivity contribution is 0.358. The van der Waals surface area contributed by atoms with Gasteiger partial charge in [0.05, 0.1) is 8.95 Å². The molecule has 1 rings (SSSR count). The Labute approximate surface area is 130 Å². The first kappa shape index (κ1) is 16.0. The van der Waals surface area contributed by atoms with Crippen molar-refractivity contribution < 1.29 is 4.74 Å². The van der Waals surface area contributed by atoms with Crippen molar-refractivity contribution in [2.75, 3.05) is 6.61 Å². The lowest BCUT2D eigenvalue weighted by Gasteiger charge is -2.13. The van der Waals surface area contributed by atoms with Crippen molar-refractivity contribution in [1.82, 2.24) is 0 Å². The molecule has 0 spiro atoms. The molecule has 18 heavy (non-hydrogen) atoms. The summed E-state index contributed by atoms with van der Waals surface area (Å²) in [6.45, 7) is 2.53. The molecule has 5 heteroatoms. The number of hydrogen-bond donors (Lipinski definition) is 1. The predicted octanol–water partition coefficient (Wildman–Crippen LogP) is 4.62. The molecule has 1 aromatic carbocycles. The second kappa shape index (κ2) is 8.20. The first-order valence-electron chi connectivity index (χ1n) is 5.70. The molecule has 0 fully saturated rings. The van der Waals surface area contributed by atoms with E-state index < -0.39 is 0 Å². The molecule has 0 aliphatic rings. The molecule has 0 aliphatic heterocycles. The molecule has 1 unspecified atom stereocenters. The highest BCUT2D eigenvalue weighted by Crippen LogP contribution is 2.35.